The molecule has 0 aromatic heterocycles. The molecule has 2 nitrogen and oxygen atoms in total. The van der Waals surface area contributed by atoms with Crippen LogP contribution in [0.5, 0.6) is 0 Å². The fourth-order valence-electron chi connectivity index (χ4n) is 3.31. The number of aliphatic hydroxyl groups excluding tert-OH is 1. The van der Waals surface area contributed by atoms with Crippen LogP contribution in [0.1, 0.15) is 52.4 Å². The SMILES string of the molecule is CC1(C)CCN(CC(O)C2CCCCC2)C1. The molecule has 1 N–H and O–H groups in total. The number of likely N-dealkylation sites (tertiary alicyclic amines) is 1. The van der Waals surface area contributed by atoms with Crippen molar-refractivity contribution in [3.8, 4) is 0 Å². The van der Waals surface area contributed by atoms with E-state index in [1.165, 1.54) is 45.1 Å². The minimum absolute atomic E-state index is 0.0748. The van der Waals surface area contributed by atoms with Crippen LogP contribution in [0, 0.1) is 11.3 Å². The van der Waals surface area contributed by atoms with Gasteiger partial charge < -0.3 is 10.0 Å². The lowest BCUT2D eigenvalue weighted by Crippen LogP contribution is -2.36. The highest BCUT2D eigenvalue weighted by Crippen LogP contribution is 2.31. The molecule has 1 aliphatic carbocycles. The highest BCUT2D eigenvalue weighted by molar-refractivity contribution is 4.85. The highest BCUT2D eigenvalue weighted by Gasteiger charge is 2.31. The molecule has 0 bridgehead atoms. The molecule has 0 spiro atoms. The Hall–Kier alpha value is -0.0800. The van der Waals surface area contributed by atoms with Crippen molar-refractivity contribution in [1.29, 1.82) is 0 Å². The van der Waals surface area contributed by atoms with Crippen LogP contribution >= 0.6 is 0 Å². The molecule has 1 aliphatic heterocycles. The van der Waals surface area contributed by atoms with Gasteiger partial charge in [-0.1, -0.05) is 33.1 Å². The van der Waals surface area contributed by atoms with Crippen LogP contribution < -0.4 is 0 Å². The summed E-state index contributed by atoms with van der Waals surface area (Å²) < 4.78 is 0. The molecule has 0 aromatic carbocycles. The van der Waals surface area contributed by atoms with Gasteiger partial charge in [0.1, 0.15) is 0 Å². The third kappa shape index (κ3) is 3.21. The molecule has 2 fully saturated rings. The van der Waals surface area contributed by atoms with E-state index in [9.17, 15) is 5.11 Å². The summed E-state index contributed by atoms with van der Waals surface area (Å²) in [5, 5.41) is 10.3. The van der Waals surface area contributed by atoms with Gasteiger partial charge in [0, 0.05) is 13.1 Å². The molecule has 1 heterocycles. The predicted octanol–water partition coefficient (Wildman–Crippen LogP) is 2.66. The summed E-state index contributed by atoms with van der Waals surface area (Å²) in [6.45, 7) is 7.92. The van der Waals surface area contributed by atoms with Crippen LogP contribution in [0.15, 0.2) is 0 Å². The third-order valence-electron chi connectivity index (χ3n) is 4.40. The molecule has 94 valence electrons. The van der Waals surface area contributed by atoms with Crippen LogP contribution in [0.4, 0.5) is 0 Å². The van der Waals surface area contributed by atoms with Gasteiger partial charge in [-0.15, -0.1) is 0 Å². The van der Waals surface area contributed by atoms with Gasteiger partial charge in [0.2, 0.25) is 0 Å². The van der Waals surface area contributed by atoms with Gasteiger partial charge in [0.15, 0.2) is 0 Å². The van der Waals surface area contributed by atoms with E-state index < -0.39 is 0 Å². The van der Waals surface area contributed by atoms with Crippen LogP contribution in [0.2, 0.25) is 0 Å². The van der Waals surface area contributed by atoms with Crippen molar-refractivity contribution in [2.75, 3.05) is 19.6 Å². The maximum absolute atomic E-state index is 10.3. The molecule has 1 unspecified atom stereocenters. The van der Waals surface area contributed by atoms with Gasteiger partial charge in [0.05, 0.1) is 6.10 Å². The standard InChI is InChI=1S/C14H27NO/c1-14(2)8-9-15(11-14)10-13(16)12-6-4-3-5-7-12/h12-13,16H,3-11H2,1-2H3. The van der Waals surface area contributed by atoms with Gasteiger partial charge >= 0.3 is 0 Å². The van der Waals surface area contributed by atoms with E-state index in [1.807, 2.05) is 0 Å². The Morgan fingerprint density at radius 3 is 2.50 bits per heavy atom. The third-order valence-corrected chi connectivity index (χ3v) is 4.40. The van der Waals surface area contributed by atoms with Gasteiger partial charge in [-0.25, -0.2) is 0 Å². The molecule has 0 radical (unpaired) electrons. The molecule has 0 aromatic rings. The van der Waals surface area contributed by atoms with E-state index in [-0.39, 0.29) is 6.10 Å². The lowest BCUT2D eigenvalue weighted by molar-refractivity contribution is 0.0520. The number of aliphatic hydroxyl groups is 1. The van der Waals surface area contributed by atoms with E-state index >= 15 is 0 Å². The maximum atomic E-state index is 10.3. The minimum atomic E-state index is -0.0748. The van der Waals surface area contributed by atoms with Crippen molar-refractivity contribution in [3.63, 3.8) is 0 Å². The first-order valence-electron chi connectivity index (χ1n) is 6.97. The Labute approximate surface area is 100 Å². The zero-order valence-electron chi connectivity index (χ0n) is 10.9. The first-order chi connectivity index (χ1) is 7.57. The van der Waals surface area contributed by atoms with E-state index in [2.05, 4.69) is 18.7 Å². The average molecular weight is 225 g/mol. The second kappa shape index (κ2) is 5.05. The summed E-state index contributed by atoms with van der Waals surface area (Å²) in [7, 11) is 0. The van der Waals surface area contributed by atoms with Gasteiger partial charge in [-0.3, -0.25) is 0 Å². The molecule has 1 saturated heterocycles. The molecular weight excluding hydrogens is 198 g/mol. The van der Waals surface area contributed by atoms with Crippen LogP contribution in [0.25, 0.3) is 0 Å². The maximum Gasteiger partial charge on any atom is 0.0695 e. The summed E-state index contributed by atoms with van der Waals surface area (Å²) in [5.41, 5.74) is 0.465. The molecule has 2 heteroatoms. The van der Waals surface area contributed by atoms with Crippen LogP contribution in [-0.4, -0.2) is 35.7 Å². The summed E-state index contributed by atoms with van der Waals surface area (Å²) in [6, 6.07) is 0. The Kier molecular flexibility index (Phi) is 3.91. The number of β-amino-alcohol motifs (C(OH)–C–C–N with tert-alkyl or cyclic N) is 1. The van der Waals surface area contributed by atoms with Crippen molar-refractivity contribution < 1.29 is 5.11 Å². The molecule has 2 aliphatic rings. The summed E-state index contributed by atoms with van der Waals surface area (Å²) >= 11 is 0. The largest absolute Gasteiger partial charge is 0.392 e. The number of nitrogens with zero attached hydrogens (tertiary/aromatic N) is 1. The molecule has 2 rings (SSSR count). The fraction of sp³-hybridized carbons (Fsp3) is 1.00. The van der Waals surface area contributed by atoms with Crippen LogP contribution in [-0.2, 0) is 0 Å². The lowest BCUT2D eigenvalue weighted by atomic mass is 9.85. The van der Waals surface area contributed by atoms with Crippen molar-refractivity contribution in [3.05, 3.63) is 0 Å². The normalized spacial score (nSPS) is 29.4. The van der Waals surface area contributed by atoms with Crippen molar-refractivity contribution >= 4 is 0 Å². The molecule has 1 atom stereocenters. The van der Waals surface area contributed by atoms with Crippen LogP contribution in [0.3, 0.4) is 0 Å². The fourth-order valence-corrected chi connectivity index (χ4v) is 3.31. The molecule has 1 saturated carbocycles. The first kappa shape index (κ1) is 12.4. The number of hydrogen-bond acceptors (Lipinski definition) is 2. The first-order valence-corrected chi connectivity index (χ1v) is 6.97. The Morgan fingerprint density at radius 1 is 1.25 bits per heavy atom. The second-order valence-corrected chi connectivity index (χ2v) is 6.61. The Morgan fingerprint density at radius 2 is 1.94 bits per heavy atom. The van der Waals surface area contributed by atoms with Crippen molar-refractivity contribution in [2.24, 2.45) is 11.3 Å². The zero-order chi connectivity index (χ0) is 11.6. The quantitative estimate of drug-likeness (QED) is 0.798. The van der Waals surface area contributed by atoms with E-state index in [0.29, 0.717) is 11.3 Å². The van der Waals surface area contributed by atoms with Crippen molar-refractivity contribution in [1.82, 2.24) is 4.90 Å². The minimum Gasteiger partial charge on any atom is -0.392 e. The summed E-state index contributed by atoms with van der Waals surface area (Å²) in [6.07, 6.45) is 7.73. The molecule has 0 amide bonds. The van der Waals surface area contributed by atoms with E-state index in [1.54, 1.807) is 0 Å². The summed E-state index contributed by atoms with van der Waals surface area (Å²) in [5.74, 6) is 0.581. The Balaban J connectivity index is 1.76. The Bertz CT molecular complexity index is 221. The number of hydrogen-bond donors (Lipinski definition) is 1. The predicted molar refractivity (Wildman–Crippen MR) is 67.4 cm³/mol. The smallest absolute Gasteiger partial charge is 0.0695 e. The number of rotatable bonds is 3. The molecular formula is C14H27NO. The van der Waals surface area contributed by atoms with E-state index in [4.69, 9.17) is 0 Å². The summed E-state index contributed by atoms with van der Waals surface area (Å²) in [4.78, 5) is 2.46. The van der Waals surface area contributed by atoms with Crippen molar-refractivity contribution in [2.45, 2.75) is 58.5 Å². The highest BCUT2D eigenvalue weighted by atomic mass is 16.3. The van der Waals surface area contributed by atoms with Gasteiger partial charge in [0.25, 0.3) is 0 Å². The van der Waals surface area contributed by atoms with E-state index in [0.717, 1.165) is 13.1 Å². The topological polar surface area (TPSA) is 23.5 Å². The average Bonchev–Trinajstić information content (AvgIpc) is 2.59. The monoisotopic (exact) mass is 225 g/mol. The second-order valence-electron chi connectivity index (χ2n) is 6.61. The lowest BCUT2D eigenvalue weighted by Gasteiger charge is -2.30. The molecule has 16 heavy (non-hydrogen) atoms. The zero-order valence-corrected chi connectivity index (χ0v) is 10.9. The van der Waals surface area contributed by atoms with Gasteiger partial charge in [-0.05, 0) is 37.1 Å². The van der Waals surface area contributed by atoms with Gasteiger partial charge in [-0.2, -0.15) is 0 Å².